The highest BCUT2D eigenvalue weighted by atomic mass is 16.5. The van der Waals surface area contributed by atoms with Crippen LogP contribution in [-0.4, -0.2) is 38.5 Å². The molecule has 1 saturated heterocycles. The van der Waals surface area contributed by atoms with Crippen LogP contribution in [0.4, 0.5) is 0 Å². The lowest BCUT2D eigenvalue weighted by Gasteiger charge is -2.09. The highest BCUT2D eigenvalue weighted by Crippen LogP contribution is 2.33. The zero-order valence-corrected chi connectivity index (χ0v) is 17.7. The second-order valence-corrected chi connectivity index (χ2v) is 7.79. The van der Waals surface area contributed by atoms with Gasteiger partial charge in [-0.05, 0) is 49.7 Å². The van der Waals surface area contributed by atoms with Crippen LogP contribution in [0.15, 0.2) is 60.8 Å². The van der Waals surface area contributed by atoms with Crippen LogP contribution in [0.3, 0.4) is 0 Å². The van der Waals surface area contributed by atoms with Crippen molar-refractivity contribution in [2.24, 2.45) is 5.73 Å². The number of primary amides is 1. The first kappa shape index (κ1) is 19.8. The summed E-state index contributed by atoms with van der Waals surface area (Å²) in [6, 6.07) is 20.2. The Kier molecular flexibility index (Phi) is 5.04. The Labute approximate surface area is 185 Å². The Hall–Kier alpha value is -4.18. The smallest absolute Gasteiger partial charge is 0.269 e. The first-order chi connectivity index (χ1) is 15.6. The fraction of sp³-hybridized carbons (Fsp3) is 0.200. The van der Waals surface area contributed by atoms with Crippen LogP contribution < -0.4 is 10.5 Å². The van der Waals surface area contributed by atoms with Gasteiger partial charge in [0.1, 0.15) is 17.2 Å². The van der Waals surface area contributed by atoms with E-state index in [1.54, 1.807) is 4.52 Å². The van der Waals surface area contributed by atoms with Gasteiger partial charge in [-0.25, -0.2) is 9.50 Å². The van der Waals surface area contributed by atoms with Gasteiger partial charge in [0.25, 0.3) is 5.91 Å². The topological polar surface area (TPSA) is 88.7 Å². The lowest BCUT2D eigenvalue weighted by molar-refractivity contribution is 0.0994. The third-order valence-corrected chi connectivity index (χ3v) is 5.72. The Morgan fingerprint density at radius 2 is 1.91 bits per heavy atom. The van der Waals surface area contributed by atoms with E-state index in [9.17, 15) is 4.79 Å². The lowest BCUT2D eigenvalue weighted by atomic mass is 10.0. The summed E-state index contributed by atoms with van der Waals surface area (Å²) in [5.74, 6) is 4.18. The summed E-state index contributed by atoms with van der Waals surface area (Å²) in [6.07, 6.45) is 2.91. The van der Waals surface area contributed by atoms with Crippen LogP contribution in [0, 0.1) is 12.0 Å². The second kappa shape index (κ2) is 8.16. The van der Waals surface area contributed by atoms with Gasteiger partial charge in [0.2, 0.25) is 0 Å². The number of nitrogens with one attached hydrogen (secondary N) is 1. The summed E-state index contributed by atoms with van der Waals surface area (Å²) < 4.78 is 7.56. The Morgan fingerprint density at radius 1 is 1.16 bits per heavy atom. The summed E-state index contributed by atoms with van der Waals surface area (Å²) in [6.45, 7) is 3.61. The van der Waals surface area contributed by atoms with Crippen molar-refractivity contribution in [2.45, 2.75) is 19.3 Å². The Bertz CT molecular complexity index is 1330. The van der Waals surface area contributed by atoms with E-state index < -0.39 is 5.91 Å². The molecule has 4 aromatic rings. The summed E-state index contributed by atoms with van der Waals surface area (Å²) in [7, 11) is 0. The number of amides is 1. The zero-order chi connectivity index (χ0) is 22.1. The minimum absolute atomic E-state index is 0.294. The van der Waals surface area contributed by atoms with E-state index in [1.165, 1.54) is 0 Å². The van der Waals surface area contributed by atoms with Gasteiger partial charge in [0, 0.05) is 42.4 Å². The standard InChI is InChI=1S/C25H23N5O2/c1-2-13-29-14-12-18(16-29)21-15-27-30-23(24(26)31)22(28-25(21)30)17-8-10-20(11-9-17)32-19-6-4-3-5-7-19/h3-11,15,18,27H,12,14,16H2,1H3,(H2,26,31). The van der Waals surface area contributed by atoms with Gasteiger partial charge in [0.05, 0.1) is 0 Å². The van der Waals surface area contributed by atoms with Gasteiger partial charge >= 0.3 is 0 Å². The van der Waals surface area contributed by atoms with Gasteiger partial charge in [0.15, 0.2) is 11.3 Å². The molecular formula is C25H23N5O2. The first-order valence-electron chi connectivity index (χ1n) is 10.5. The molecule has 0 radical (unpaired) electrons. The molecule has 2 aromatic heterocycles. The highest BCUT2D eigenvalue weighted by Gasteiger charge is 2.28. The van der Waals surface area contributed by atoms with Crippen molar-refractivity contribution in [3.63, 3.8) is 0 Å². The number of nitrogens with two attached hydrogens (primary N) is 1. The lowest BCUT2D eigenvalue weighted by Crippen LogP contribution is -2.15. The minimum Gasteiger partial charge on any atom is -0.457 e. The molecule has 0 bridgehead atoms. The number of carbonyl (C=O) groups is 1. The third kappa shape index (κ3) is 3.56. The van der Waals surface area contributed by atoms with Gasteiger partial charge in [-0.3, -0.25) is 9.89 Å². The molecule has 160 valence electrons. The van der Waals surface area contributed by atoms with Crippen LogP contribution >= 0.6 is 0 Å². The molecule has 3 N–H and O–H groups in total. The molecule has 1 amide bonds. The van der Waals surface area contributed by atoms with Crippen LogP contribution in [0.5, 0.6) is 11.5 Å². The number of imidazole rings is 1. The van der Waals surface area contributed by atoms with Crippen molar-refractivity contribution >= 4 is 11.6 Å². The average molecular weight is 425 g/mol. The van der Waals surface area contributed by atoms with Crippen molar-refractivity contribution in [2.75, 3.05) is 13.1 Å². The molecular weight excluding hydrogens is 402 g/mol. The number of hydrogen-bond acceptors (Lipinski definition) is 4. The number of para-hydroxylation sites is 1. The quantitative estimate of drug-likeness (QED) is 0.473. The van der Waals surface area contributed by atoms with Crippen LogP contribution in [0.1, 0.15) is 35.3 Å². The molecule has 1 fully saturated rings. The van der Waals surface area contributed by atoms with Gasteiger partial charge < -0.3 is 15.4 Å². The number of H-pyrrole nitrogens is 1. The third-order valence-electron chi connectivity index (χ3n) is 5.72. The maximum Gasteiger partial charge on any atom is 0.269 e. The number of fused-ring (bicyclic) bond motifs is 1. The summed E-state index contributed by atoms with van der Waals surface area (Å²) in [4.78, 5) is 19.3. The molecule has 1 aliphatic rings. The summed E-state index contributed by atoms with van der Waals surface area (Å²) in [5, 5.41) is 3.17. The minimum atomic E-state index is -0.532. The molecule has 2 aromatic carbocycles. The number of likely N-dealkylation sites (tertiary alicyclic amines) is 1. The predicted octanol–water partition coefficient (Wildman–Crippen LogP) is 3.99. The van der Waals surface area contributed by atoms with Crippen molar-refractivity contribution < 1.29 is 9.53 Å². The second-order valence-electron chi connectivity index (χ2n) is 7.79. The van der Waals surface area contributed by atoms with E-state index in [0.717, 1.165) is 42.0 Å². The van der Waals surface area contributed by atoms with E-state index >= 15 is 0 Å². The van der Waals surface area contributed by atoms with E-state index in [2.05, 4.69) is 22.0 Å². The van der Waals surface area contributed by atoms with E-state index in [-0.39, 0.29) is 0 Å². The van der Waals surface area contributed by atoms with E-state index in [1.807, 2.05) is 67.7 Å². The molecule has 1 atom stereocenters. The molecule has 1 unspecified atom stereocenters. The number of benzene rings is 2. The van der Waals surface area contributed by atoms with E-state index in [0.29, 0.717) is 23.1 Å². The Balaban J connectivity index is 1.48. The predicted molar refractivity (Wildman–Crippen MR) is 122 cm³/mol. The molecule has 1 aliphatic heterocycles. The number of aromatic nitrogens is 3. The molecule has 7 heteroatoms. The van der Waals surface area contributed by atoms with Crippen LogP contribution in [0.25, 0.3) is 16.9 Å². The van der Waals surface area contributed by atoms with Gasteiger partial charge in [-0.1, -0.05) is 24.1 Å². The highest BCUT2D eigenvalue weighted by molar-refractivity contribution is 5.98. The molecule has 7 nitrogen and oxygen atoms in total. The number of ether oxygens (including phenoxy) is 1. The first-order valence-corrected chi connectivity index (χ1v) is 10.5. The molecule has 3 heterocycles. The molecule has 5 rings (SSSR count). The molecule has 0 spiro atoms. The summed E-state index contributed by atoms with van der Waals surface area (Å²) >= 11 is 0. The monoisotopic (exact) mass is 425 g/mol. The SMILES string of the molecule is CC#CN1CCC(c2c[nH]n3c(C(N)=O)c(-c4ccc(Oc5ccccc5)cc4)nc23)C1. The number of carbonyl (C=O) groups excluding carboxylic acids is 1. The normalized spacial score (nSPS) is 15.5. The fourth-order valence-electron chi connectivity index (χ4n) is 4.25. The maximum atomic E-state index is 12.3. The molecule has 0 saturated carbocycles. The average Bonchev–Trinajstić information content (AvgIpc) is 3.50. The Morgan fingerprint density at radius 3 is 2.62 bits per heavy atom. The van der Waals surface area contributed by atoms with Gasteiger partial charge in [-0.15, -0.1) is 0 Å². The van der Waals surface area contributed by atoms with Crippen molar-refractivity contribution in [1.29, 1.82) is 0 Å². The molecule has 0 aliphatic carbocycles. The van der Waals surface area contributed by atoms with Crippen molar-refractivity contribution in [1.82, 2.24) is 19.5 Å². The van der Waals surface area contributed by atoms with Crippen molar-refractivity contribution in [3.05, 3.63) is 72.1 Å². The van der Waals surface area contributed by atoms with Crippen LogP contribution in [0.2, 0.25) is 0 Å². The zero-order valence-electron chi connectivity index (χ0n) is 17.7. The fourth-order valence-corrected chi connectivity index (χ4v) is 4.25. The van der Waals surface area contributed by atoms with Gasteiger partial charge in [-0.2, -0.15) is 0 Å². The number of nitrogens with zero attached hydrogens (tertiary/aromatic N) is 3. The largest absolute Gasteiger partial charge is 0.457 e. The molecule has 32 heavy (non-hydrogen) atoms. The maximum absolute atomic E-state index is 12.3. The van der Waals surface area contributed by atoms with Crippen molar-refractivity contribution in [3.8, 4) is 34.7 Å². The summed E-state index contributed by atoms with van der Waals surface area (Å²) in [5.41, 5.74) is 9.24. The van der Waals surface area contributed by atoms with E-state index in [4.69, 9.17) is 15.5 Å². The number of hydrogen-bond donors (Lipinski definition) is 2. The number of rotatable bonds is 5. The van der Waals surface area contributed by atoms with Crippen LogP contribution in [-0.2, 0) is 0 Å². The number of aromatic amines is 1.